The number of hydrogen-bond donors (Lipinski definition) is 2. The molecule has 0 bridgehead atoms. The summed E-state index contributed by atoms with van der Waals surface area (Å²) in [6, 6.07) is 5.95. The molecule has 0 saturated carbocycles. The van der Waals surface area contributed by atoms with Crippen molar-refractivity contribution >= 4 is 17.3 Å². The van der Waals surface area contributed by atoms with Crippen LogP contribution >= 0.6 is 11.6 Å². The molecule has 0 aliphatic carbocycles. The zero-order chi connectivity index (χ0) is 10.7. The topological polar surface area (TPSA) is 40.7 Å². The lowest BCUT2D eigenvalue weighted by atomic mass is 10.2. The summed E-state index contributed by atoms with van der Waals surface area (Å²) in [4.78, 5) is 6.96. The van der Waals surface area contributed by atoms with Crippen LogP contribution in [0.5, 0.6) is 0 Å². The van der Waals surface area contributed by atoms with Crippen molar-refractivity contribution in [3.63, 3.8) is 0 Å². The average Bonchev–Trinajstić information content (AvgIpc) is 2.69. The second-order valence-electron chi connectivity index (χ2n) is 3.41. The quantitative estimate of drug-likeness (QED) is 0.837. The monoisotopic (exact) mass is 221 g/mol. The Morgan fingerprint density at radius 3 is 3.00 bits per heavy atom. The molecule has 2 N–H and O–H groups in total. The Balaban J connectivity index is 2.05. The molecule has 78 valence electrons. The van der Waals surface area contributed by atoms with Gasteiger partial charge in [0.1, 0.15) is 0 Å². The van der Waals surface area contributed by atoms with Gasteiger partial charge in [-0.2, -0.15) is 0 Å². The Labute approximate surface area is 93.5 Å². The minimum Gasteiger partial charge on any atom is -0.378 e. The molecule has 0 fully saturated rings. The van der Waals surface area contributed by atoms with Crippen molar-refractivity contribution < 1.29 is 0 Å². The first kappa shape index (κ1) is 10.1. The van der Waals surface area contributed by atoms with Crippen molar-refractivity contribution in [2.24, 2.45) is 0 Å². The van der Waals surface area contributed by atoms with E-state index >= 15 is 0 Å². The molecule has 1 aromatic carbocycles. The highest BCUT2D eigenvalue weighted by molar-refractivity contribution is 6.33. The van der Waals surface area contributed by atoms with Gasteiger partial charge in [-0.15, -0.1) is 0 Å². The van der Waals surface area contributed by atoms with Crippen LogP contribution in [0.25, 0.3) is 0 Å². The smallest absolute Gasteiger partial charge is 0.0922 e. The maximum absolute atomic E-state index is 6.08. The number of aromatic nitrogens is 2. The molecule has 0 aliphatic heterocycles. The number of rotatable bonds is 3. The van der Waals surface area contributed by atoms with E-state index < -0.39 is 0 Å². The van der Waals surface area contributed by atoms with Gasteiger partial charge >= 0.3 is 0 Å². The Morgan fingerprint density at radius 2 is 2.33 bits per heavy atom. The molecule has 3 nitrogen and oxygen atoms in total. The fourth-order valence-corrected chi connectivity index (χ4v) is 1.64. The highest BCUT2D eigenvalue weighted by Crippen LogP contribution is 2.22. The van der Waals surface area contributed by atoms with Crippen molar-refractivity contribution in [2.75, 3.05) is 5.32 Å². The molecule has 4 heteroatoms. The summed E-state index contributed by atoms with van der Waals surface area (Å²) in [5.41, 5.74) is 3.13. The minimum absolute atomic E-state index is 0.697. The first-order valence-electron chi connectivity index (χ1n) is 4.73. The van der Waals surface area contributed by atoms with Crippen LogP contribution in [0, 0.1) is 6.92 Å². The predicted octanol–water partition coefficient (Wildman–Crippen LogP) is 2.98. The summed E-state index contributed by atoms with van der Waals surface area (Å²) in [6.45, 7) is 2.72. The molecule has 0 saturated heterocycles. The van der Waals surface area contributed by atoms with E-state index in [-0.39, 0.29) is 0 Å². The standard InChI is InChI=1S/C11H12ClN3/c1-8-2-3-11(10(12)4-8)14-6-9-5-13-7-15-9/h2-5,7,14H,6H2,1H3,(H,13,15). The van der Waals surface area contributed by atoms with E-state index in [9.17, 15) is 0 Å². The van der Waals surface area contributed by atoms with Gasteiger partial charge in [0.25, 0.3) is 0 Å². The first-order chi connectivity index (χ1) is 7.25. The number of benzene rings is 1. The molecule has 0 radical (unpaired) electrons. The van der Waals surface area contributed by atoms with E-state index in [1.54, 1.807) is 12.5 Å². The van der Waals surface area contributed by atoms with Crippen LogP contribution in [0.3, 0.4) is 0 Å². The third kappa shape index (κ3) is 2.50. The number of hydrogen-bond acceptors (Lipinski definition) is 2. The van der Waals surface area contributed by atoms with Crippen molar-refractivity contribution in [2.45, 2.75) is 13.5 Å². The molecule has 2 rings (SSSR count). The van der Waals surface area contributed by atoms with Crippen molar-refractivity contribution in [1.29, 1.82) is 0 Å². The molecular formula is C11H12ClN3. The largest absolute Gasteiger partial charge is 0.378 e. The van der Waals surface area contributed by atoms with Gasteiger partial charge in [0, 0.05) is 6.20 Å². The number of nitrogens with one attached hydrogen (secondary N) is 2. The molecule has 0 aliphatic rings. The van der Waals surface area contributed by atoms with Gasteiger partial charge in [0.05, 0.1) is 29.3 Å². The average molecular weight is 222 g/mol. The Morgan fingerprint density at radius 1 is 1.47 bits per heavy atom. The van der Waals surface area contributed by atoms with Gasteiger partial charge in [-0.25, -0.2) is 4.98 Å². The van der Waals surface area contributed by atoms with E-state index in [4.69, 9.17) is 11.6 Å². The number of aromatic amines is 1. The number of anilines is 1. The fourth-order valence-electron chi connectivity index (χ4n) is 1.34. The predicted molar refractivity (Wildman–Crippen MR) is 62.1 cm³/mol. The number of H-pyrrole nitrogens is 1. The van der Waals surface area contributed by atoms with Gasteiger partial charge < -0.3 is 10.3 Å². The normalized spacial score (nSPS) is 10.3. The van der Waals surface area contributed by atoms with Gasteiger partial charge in [-0.1, -0.05) is 17.7 Å². The van der Waals surface area contributed by atoms with Crippen LogP contribution in [0.1, 0.15) is 11.3 Å². The van der Waals surface area contributed by atoms with Gasteiger partial charge in [0.2, 0.25) is 0 Å². The summed E-state index contributed by atoms with van der Waals surface area (Å²) in [6.07, 6.45) is 3.45. The van der Waals surface area contributed by atoms with Crippen LogP contribution in [0.4, 0.5) is 5.69 Å². The summed E-state index contributed by atoms with van der Waals surface area (Å²) in [7, 11) is 0. The number of aryl methyl sites for hydroxylation is 1. The second-order valence-corrected chi connectivity index (χ2v) is 3.82. The van der Waals surface area contributed by atoms with Crippen LogP contribution < -0.4 is 5.32 Å². The third-order valence-corrected chi connectivity index (χ3v) is 2.46. The Bertz CT molecular complexity index is 437. The van der Waals surface area contributed by atoms with Crippen LogP contribution in [0.15, 0.2) is 30.7 Å². The highest BCUT2D eigenvalue weighted by Gasteiger charge is 2.00. The van der Waals surface area contributed by atoms with Crippen LogP contribution in [0.2, 0.25) is 5.02 Å². The van der Waals surface area contributed by atoms with Gasteiger partial charge in [0.15, 0.2) is 0 Å². The van der Waals surface area contributed by atoms with Gasteiger partial charge in [-0.05, 0) is 24.6 Å². The molecule has 0 spiro atoms. The summed E-state index contributed by atoms with van der Waals surface area (Å²) in [5.74, 6) is 0. The SMILES string of the molecule is Cc1ccc(NCc2cnc[nH]2)c(Cl)c1. The van der Waals surface area contributed by atoms with Crippen LogP contribution in [-0.2, 0) is 6.54 Å². The zero-order valence-electron chi connectivity index (χ0n) is 8.42. The molecule has 0 unspecified atom stereocenters. The second kappa shape index (κ2) is 4.36. The zero-order valence-corrected chi connectivity index (χ0v) is 9.17. The molecule has 15 heavy (non-hydrogen) atoms. The highest BCUT2D eigenvalue weighted by atomic mass is 35.5. The Kier molecular flexibility index (Phi) is 2.92. The number of nitrogens with zero attached hydrogens (tertiary/aromatic N) is 1. The summed E-state index contributed by atoms with van der Waals surface area (Å²) in [5, 5.41) is 3.98. The van der Waals surface area contributed by atoms with Crippen molar-refractivity contribution in [3.8, 4) is 0 Å². The first-order valence-corrected chi connectivity index (χ1v) is 5.11. The summed E-state index contributed by atoms with van der Waals surface area (Å²) < 4.78 is 0. The van der Waals surface area contributed by atoms with Crippen molar-refractivity contribution in [1.82, 2.24) is 9.97 Å². The molecule has 2 aromatic rings. The molecule has 1 heterocycles. The lowest BCUT2D eigenvalue weighted by Gasteiger charge is -2.07. The molecule has 0 atom stereocenters. The number of halogens is 1. The molecule has 1 aromatic heterocycles. The maximum atomic E-state index is 6.08. The molecule has 0 amide bonds. The lowest BCUT2D eigenvalue weighted by Crippen LogP contribution is -2.00. The van der Waals surface area contributed by atoms with E-state index in [0.29, 0.717) is 6.54 Å². The van der Waals surface area contributed by atoms with E-state index in [1.165, 1.54) is 0 Å². The van der Waals surface area contributed by atoms with E-state index in [0.717, 1.165) is 22.0 Å². The van der Waals surface area contributed by atoms with Gasteiger partial charge in [-0.3, -0.25) is 0 Å². The third-order valence-electron chi connectivity index (χ3n) is 2.15. The summed E-state index contributed by atoms with van der Waals surface area (Å²) >= 11 is 6.08. The van der Waals surface area contributed by atoms with E-state index in [1.807, 2.05) is 25.1 Å². The van der Waals surface area contributed by atoms with E-state index in [2.05, 4.69) is 15.3 Å². The van der Waals surface area contributed by atoms with Crippen LogP contribution in [-0.4, -0.2) is 9.97 Å². The fraction of sp³-hybridized carbons (Fsp3) is 0.182. The van der Waals surface area contributed by atoms with Crippen molar-refractivity contribution in [3.05, 3.63) is 47.0 Å². The maximum Gasteiger partial charge on any atom is 0.0922 e. The minimum atomic E-state index is 0.697. The number of imidazole rings is 1. The lowest BCUT2D eigenvalue weighted by molar-refractivity contribution is 1.07. The Hall–Kier alpha value is -1.48. The molecular weight excluding hydrogens is 210 g/mol.